The number of dihydropyridines is 1. The Labute approximate surface area is 275 Å². The van der Waals surface area contributed by atoms with Gasteiger partial charge in [0.05, 0.1) is 18.3 Å². The van der Waals surface area contributed by atoms with Gasteiger partial charge in [0, 0.05) is 49.7 Å². The largest absolute Gasteiger partial charge is 0.431 e. The van der Waals surface area contributed by atoms with Crippen LogP contribution in [0, 0.1) is 17.8 Å². The third-order valence-electron chi connectivity index (χ3n) is 9.05. The number of rotatable bonds is 12. The highest BCUT2D eigenvalue weighted by atomic mass is 32.2. The molecular weight excluding hydrogens is 641 g/mol. The molecule has 2 aliphatic carbocycles. The van der Waals surface area contributed by atoms with E-state index < -0.39 is 47.5 Å². The van der Waals surface area contributed by atoms with Gasteiger partial charge in [-0.25, -0.2) is 4.79 Å². The second-order valence-corrected chi connectivity index (χ2v) is 13.4. The van der Waals surface area contributed by atoms with Crippen LogP contribution in [0.5, 0.6) is 0 Å². The molecule has 6 atom stereocenters. The summed E-state index contributed by atoms with van der Waals surface area (Å²) in [7, 11) is 0. The van der Waals surface area contributed by atoms with Crippen LogP contribution in [0.3, 0.4) is 0 Å². The van der Waals surface area contributed by atoms with E-state index in [0.717, 1.165) is 35.6 Å². The normalized spacial score (nSPS) is 27.4. The van der Waals surface area contributed by atoms with Crippen molar-refractivity contribution >= 4 is 29.5 Å². The van der Waals surface area contributed by atoms with Crippen LogP contribution in [0.2, 0.25) is 0 Å². The number of aliphatic hydroxyl groups is 2. The van der Waals surface area contributed by atoms with Gasteiger partial charge >= 0.3 is 12.2 Å². The third kappa shape index (κ3) is 8.43. The van der Waals surface area contributed by atoms with Gasteiger partial charge in [0.25, 0.3) is 5.91 Å². The highest BCUT2D eigenvalue weighted by Crippen LogP contribution is 2.44. The van der Waals surface area contributed by atoms with Gasteiger partial charge in [0.15, 0.2) is 5.78 Å². The van der Waals surface area contributed by atoms with E-state index in [9.17, 15) is 37.8 Å². The number of ketones is 1. The summed E-state index contributed by atoms with van der Waals surface area (Å²) in [5.74, 6) is -1.31. The van der Waals surface area contributed by atoms with Gasteiger partial charge in [-0.2, -0.15) is 13.2 Å². The summed E-state index contributed by atoms with van der Waals surface area (Å²) >= 11 is 0.986. The van der Waals surface area contributed by atoms with Crippen LogP contribution in [-0.2, 0) is 9.59 Å². The van der Waals surface area contributed by atoms with E-state index in [2.05, 4.69) is 31.9 Å². The predicted octanol–water partition coefficient (Wildman–Crippen LogP) is 0.378. The van der Waals surface area contributed by atoms with Crippen molar-refractivity contribution in [1.29, 1.82) is 0 Å². The number of nitrogens with two attached hydrogens (primary N) is 1. The highest BCUT2D eigenvalue weighted by Gasteiger charge is 2.46. The number of Topliss-reactive ketones (excluding diaryl/α,β-unsaturated/α-hetero) is 1. The first-order chi connectivity index (χ1) is 22.4. The number of thioether (sulfide) groups is 1. The molecule has 47 heavy (non-hydrogen) atoms. The van der Waals surface area contributed by atoms with Gasteiger partial charge in [-0.15, -0.1) is 11.8 Å². The molecule has 3 amide bonds. The number of halogens is 3. The summed E-state index contributed by atoms with van der Waals surface area (Å²) in [6.45, 7) is 2.28. The van der Waals surface area contributed by atoms with E-state index in [1.54, 1.807) is 13.0 Å². The third-order valence-corrected chi connectivity index (χ3v) is 10.1. The van der Waals surface area contributed by atoms with Crippen molar-refractivity contribution in [3.05, 3.63) is 45.9 Å². The number of carbonyl (C=O) groups excluding carboxylic acids is 3. The smallest absolute Gasteiger partial charge is 0.395 e. The number of hydrogen-bond acceptors (Lipinski definition) is 11. The number of carbonyl (C=O) groups is 3. The van der Waals surface area contributed by atoms with Crippen molar-refractivity contribution in [3.63, 3.8) is 0 Å². The number of nitrogens with one attached hydrogen (secondary N) is 6. The molecule has 5 aliphatic rings. The van der Waals surface area contributed by atoms with Crippen molar-refractivity contribution in [2.24, 2.45) is 23.5 Å². The quantitative estimate of drug-likeness (QED) is 0.102. The topological polar surface area (TPSA) is 193 Å². The minimum absolute atomic E-state index is 0.0320. The second kappa shape index (κ2) is 14.9. The molecule has 17 heteroatoms. The number of fused-ring (bicyclic) bond motifs is 1. The van der Waals surface area contributed by atoms with E-state index in [1.165, 1.54) is 6.20 Å². The van der Waals surface area contributed by atoms with Gasteiger partial charge < -0.3 is 42.1 Å². The number of urea groups is 1. The molecule has 6 unspecified atom stereocenters. The second-order valence-electron chi connectivity index (χ2n) is 12.4. The van der Waals surface area contributed by atoms with Crippen molar-refractivity contribution in [1.82, 2.24) is 36.8 Å². The minimum atomic E-state index is -4.55. The van der Waals surface area contributed by atoms with Crippen LogP contribution >= 0.6 is 11.8 Å². The van der Waals surface area contributed by atoms with Crippen molar-refractivity contribution < 1.29 is 37.8 Å². The summed E-state index contributed by atoms with van der Waals surface area (Å²) in [6.07, 6.45) is 0.514. The number of allylic oxidation sites excluding steroid dienone is 1. The number of nitrogens with zero attached hydrogens (tertiary/aromatic N) is 1. The van der Waals surface area contributed by atoms with Crippen LogP contribution in [0.15, 0.2) is 45.9 Å². The molecule has 260 valence electrons. The number of hydrogen-bond donors (Lipinski definition) is 9. The predicted molar refractivity (Wildman–Crippen MR) is 168 cm³/mol. The van der Waals surface area contributed by atoms with Gasteiger partial charge in [0.1, 0.15) is 23.1 Å². The molecule has 0 spiro atoms. The summed E-state index contributed by atoms with van der Waals surface area (Å²) in [5, 5.41) is 36.5. The Morgan fingerprint density at radius 1 is 1.21 bits per heavy atom. The van der Waals surface area contributed by atoms with E-state index in [-0.39, 0.29) is 55.5 Å². The SMILES string of the molecule is CCNC(=O)NC1=CC(C2NC(C(F)(F)F)=CS2)=C(C2CCC3C(C2)C(=O)C(C(=O)NCCO)=CN3CC(N)NC(O)C2CC2)CN1. The van der Waals surface area contributed by atoms with E-state index >= 15 is 0 Å². The molecule has 0 aromatic heterocycles. The van der Waals surface area contributed by atoms with Gasteiger partial charge in [-0.3, -0.25) is 20.2 Å². The first-order valence-electron chi connectivity index (χ1n) is 15.9. The Morgan fingerprint density at radius 3 is 2.64 bits per heavy atom. The molecule has 2 fully saturated rings. The minimum Gasteiger partial charge on any atom is -0.395 e. The molecule has 0 bridgehead atoms. The van der Waals surface area contributed by atoms with E-state index in [1.807, 2.05) is 4.90 Å². The fourth-order valence-corrected chi connectivity index (χ4v) is 7.65. The summed E-state index contributed by atoms with van der Waals surface area (Å²) in [6, 6.07) is -0.748. The molecular formula is C30H43F3N8O5S. The monoisotopic (exact) mass is 684 g/mol. The van der Waals surface area contributed by atoms with Crippen molar-refractivity contribution in [2.75, 3.05) is 32.8 Å². The maximum atomic E-state index is 13.9. The number of alkyl halides is 3. The van der Waals surface area contributed by atoms with Crippen LogP contribution in [0.1, 0.15) is 39.0 Å². The molecule has 0 aromatic carbocycles. The molecule has 3 aliphatic heterocycles. The average molecular weight is 685 g/mol. The average Bonchev–Trinajstić information content (AvgIpc) is 3.76. The summed E-state index contributed by atoms with van der Waals surface area (Å²) < 4.78 is 40.7. The number of aliphatic hydroxyl groups excluding tert-OH is 2. The molecule has 3 heterocycles. The first kappa shape index (κ1) is 35.1. The summed E-state index contributed by atoms with van der Waals surface area (Å²) in [4.78, 5) is 41.0. The Kier molecular flexibility index (Phi) is 11.1. The zero-order chi connectivity index (χ0) is 33.9. The lowest BCUT2D eigenvalue weighted by molar-refractivity contribution is -0.128. The Morgan fingerprint density at radius 2 is 1.98 bits per heavy atom. The molecule has 10 N–H and O–H groups in total. The summed E-state index contributed by atoms with van der Waals surface area (Å²) in [5.41, 5.74) is 6.84. The van der Waals surface area contributed by atoms with Gasteiger partial charge in [-0.1, -0.05) is 0 Å². The maximum absolute atomic E-state index is 13.9. The van der Waals surface area contributed by atoms with Crippen LogP contribution in [0.4, 0.5) is 18.0 Å². The lowest BCUT2D eigenvalue weighted by Gasteiger charge is -2.46. The van der Waals surface area contributed by atoms with Crippen LogP contribution in [-0.4, -0.2) is 95.6 Å². The highest BCUT2D eigenvalue weighted by molar-refractivity contribution is 8.03. The van der Waals surface area contributed by atoms with E-state index in [4.69, 9.17) is 5.73 Å². The lowest BCUT2D eigenvalue weighted by atomic mass is 9.69. The van der Waals surface area contributed by atoms with E-state index in [0.29, 0.717) is 37.2 Å². The molecule has 0 radical (unpaired) electrons. The Balaban J connectivity index is 1.41. The lowest BCUT2D eigenvalue weighted by Crippen LogP contribution is -2.57. The molecule has 0 aromatic rings. The van der Waals surface area contributed by atoms with Gasteiger partial charge in [0.2, 0.25) is 0 Å². The van der Waals surface area contributed by atoms with Crippen LogP contribution < -0.4 is 37.6 Å². The van der Waals surface area contributed by atoms with Crippen molar-refractivity contribution in [2.45, 2.75) is 69.0 Å². The zero-order valence-corrected chi connectivity index (χ0v) is 26.8. The number of amides is 3. The Hall–Kier alpha value is -3.25. The zero-order valence-electron chi connectivity index (χ0n) is 26.0. The molecule has 5 rings (SSSR count). The molecule has 2 saturated carbocycles. The first-order valence-corrected chi connectivity index (χ1v) is 16.9. The molecule has 13 nitrogen and oxygen atoms in total. The maximum Gasteiger partial charge on any atom is 0.431 e. The van der Waals surface area contributed by atoms with Crippen molar-refractivity contribution in [3.8, 4) is 0 Å². The van der Waals surface area contributed by atoms with Gasteiger partial charge in [-0.05, 0) is 68.1 Å². The molecule has 0 saturated heterocycles. The standard InChI is InChI=1S/C30H43F3N8O5S/c1-2-35-29(46)40-24-10-17(28-38-22(14-47-28)30(31,32)33)19(11-37-24)16-5-6-21-18(9-16)25(43)20(27(45)36-7-8-42)12-41(21)13-23(34)39-26(44)15-3-4-15/h10,12,14-16,18,21,23,26,28,37-39,42,44H,2-9,11,13,34H2,1H3,(H,36,45)(H2,35,40,46). The Bertz CT molecular complexity index is 1350. The van der Waals surface area contributed by atoms with Crippen LogP contribution in [0.25, 0.3) is 0 Å². The fraction of sp³-hybridized carbons (Fsp3) is 0.633. The fourth-order valence-electron chi connectivity index (χ4n) is 6.61.